The van der Waals surface area contributed by atoms with E-state index in [2.05, 4.69) is 92.8 Å². The highest BCUT2D eigenvalue weighted by atomic mass is 19.4. The first-order chi connectivity index (χ1) is 28.4. The number of carboxylic acids is 3. The van der Waals surface area contributed by atoms with Crippen molar-refractivity contribution in [2.24, 2.45) is 0 Å². The quantitative estimate of drug-likeness (QED) is 0.197. The second-order valence-corrected chi connectivity index (χ2v) is 13.7. The second kappa shape index (κ2) is 21.3. The number of halogens is 6. The number of nitrogens with one attached hydrogen (secondary N) is 2. The van der Waals surface area contributed by atoms with Crippen molar-refractivity contribution in [2.75, 3.05) is 50.2 Å². The first-order valence-corrected chi connectivity index (χ1v) is 19.0. The van der Waals surface area contributed by atoms with Gasteiger partial charge in [0, 0.05) is 56.6 Å². The van der Waals surface area contributed by atoms with Crippen LogP contribution in [0.5, 0.6) is 0 Å². The minimum Gasteiger partial charge on any atom is -0.542 e. The van der Waals surface area contributed by atoms with Gasteiger partial charge in [-0.15, -0.1) is 0 Å². The SMILES string of the molecule is CCCC(=O)O.O=C([O-])C(F)(F)F.O=C([O-])C(F)(F)F.c1ccc2c(c1)c1cc[n+]2CCC2(CC[n+]3ccc(c4ccccc43)NCCC3(CCN1)OCCO3)OCCO2. The highest BCUT2D eigenvalue weighted by molar-refractivity contribution is 5.89. The van der Waals surface area contributed by atoms with E-state index in [0.29, 0.717) is 32.8 Å². The van der Waals surface area contributed by atoms with Crippen LogP contribution >= 0.6 is 0 Å². The zero-order chi connectivity index (χ0) is 44.0. The van der Waals surface area contributed by atoms with Crippen LogP contribution in [0.2, 0.25) is 0 Å². The average molecular weight is 857 g/mol. The molecule has 2 saturated heterocycles. The molecule has 6 heterocycles. The van der Waals surface area contributed by atoms with Crippen LogP contribution < -0.4 is 30.0 Å². The number of carbonyl (C=O) groups excluding carboxylic acids is 2. The third-order valence-corrected chi connectivity index (χ3v) is 9.51. The minimum absolute atomic E-state index is 0.292. The number of anilines is 2. The largest absolute Gasteiger partial charge is 0.542 e. The van der Waals surface area contributed by atoms with E-state index in [4.69, 9.17) is 43.9 Å². The van der Waals surface area contributed by atoms with Gasteiger partial charge in [0.25, 0.3) is 0 Å². The number of aromatic nitrogens is 2. The van der Waals surface area contributed by atoms with Crippen molar-refractivity contribution >= 4 is 51.1 Å². The Morgan fingerprint density at radius 2 is 1.00 bits per heavy atom. The molecule has 4 bridgehead atoms. The summed E-state index contributed by atoms with van der Waals surface area (Å²) in [6.07, 6.45) is -1.91. The molecule has 2 fully saturated rings. The number of ether oxygens (including phenoxy) is 4. The Morgan fingerprint density at radius 1 is 0.650 bits per heavy atom. The van der Waals surface area contributed by atoms with Crippen LogP contribution in [0.15, 0.2) is 73.1 Å². The molecule has 3 N–H and O–H groups in total. The summed E-state index contributed by atoms with van der Waals surface area (Å²) in [7, 11) is 0. The number of aryl methyl sites for hydroxylation is 2. The summed E-state index contributed by atoms with van der Waals surface area (Å²) in [5.74, 6) is -7.89. The average Bonchev–Trinajstić information content (AvgIpc) is 3.87. The number of alkyl halides is 6. The number of hydrogen-bond acceptors (Lipinski definition) is 11. The lowest BCUT2D eigenvalue weighted by Gasteiger charge is -2.28. The predicted molar refractivity (Wildman–Crippen MR) is 198 cm³/mol. The Morgan fingerprint density at radius 3 is 1.32 bits per heavy atom. The maximum absolute atomic E-state index is 10.5. The summed E-state index contributed by atoms with van der Waals surface area (Å²) in [6, 6.07) is 21.5. The van der Waals surface area contributed by atoms with E-state index in [1.54, 1.807) is 0 Å². The molecule has 328 valence electrons. The van der Waals surface area contributed by atoms with E-state index in [1.807, 2.05) is 6.92 Å². The number of fused-ring (bicyclic) bond motifs is 8. The van der Waals surface area contributed by atoms with Crippen LogP contribution in [0.1, 0.15) is 45.4 Å². The molecule has 0 unspecified atom stereocenters. The van der Waals surface area contributed by atoms with E-state index >= 15 is 0 Å². The summed E-state index contributed by atoms with van der Waals surface area (Å²) >= 11 is 0. The lowest BCUT2D eigenvalue weighted by molar-refractivity contribution is -0.681. The second-order valence-electron chi connectivity index (χ2n) is 13.7. The zero-order valence-electron chi connectivity index (χ0n) is 32.6. The first kappa shape index (κ1) is 47.4. The predicted octanol–water partition coefficient (Wildman–Crippen LogP) is 3.62. The third kappa shape index (κ3) is 13.6. The molecule has 8 rings (SSSR count). The molecule has 2 aromatic carbocycles. The molecule has 0 atom stereocenters. The number of hydrogen-bond donors (Lipinski definition) is 3. The molecular weight excluding hydrogens is 810 g/mol. The Bertz CT molecular complexity index is 1930. The molecule has 14 nitrogen and oxygen atoms in total. The number of rotatable bonds is 2. The van der Waals surface area contributed by atoms with Gasteiger partial charge in [-0.25, -0.2) is 0 Å². The Labute approximate surface area is 340 Å². The van der Waals surface area contributed by atoms with Gasteiger partial charge in [0.1, 0.15) is 11.9 Å². The molecule has 60 heavy (non-hydrogen) atoms. The van der Waals surface area contributed by atoms with Gasteiger partial charge >= 0.3 is 18.3 Å². The highest BCUT2D eigenvalue weighted by Crippen LogP contribution is 2.31. The van der Waals surface area contributed by atoms with Crippen LogP contribution in [0.3, 0.4) is 0 Å². The lowest BCUT2D eigenvalue weighted by Crippen LogP contribution is -2.44. The molecule has 4 aliphatic heterocycles. The van der Waals surface area contributed by atoms with Crippen LogP contribution in [-0.4, -0.2) is 86.5 Å². The van der Waals surface area contributed by atoms with E-state index in [0.717, 1.165) is 69.7 Å². The normalized spacial score (nSPS) is 17.6. The number of aliphatic carboxylic acids is 3. The molecule has 0 radical (unpaired) electrons. The summed E-state index contributed by atoms with van der Waals surface area (Å²) in [5.41, 5.74) is 4.63. The number of nitrogens with zero attached hydrogens (tertiary/aromatic N) is 2. The van der Waals surface area contributed by atoms with Gasteiger partial charge < -0.3 is 54.5 Å². The van der Waals surface area contributed by atoms with Gasteiger partial charge in [-0.1, -0.05) is 31.2 Å². The van der Waals surface area contributed by atoms with Crippen molar-refractivity contribution in [3.8, 4) is 0 Å². The van der Waals surface area contributed by atoms with Crippen LogP contribution in [0.4, 0.5) is 37.7 Å². The third-order valence-electron chi connectivity index (χ3n) is 9.51. The fraction of sp³-hybridized carbons (Fsp3) is 0.475. The van der Waals surface area contributed by atoms with E-state index < -0.39 is 41.8 Å². The monoisotopic (exact) mass is 856 g/mol. The summed E-state index contributed by atoms with van der Waals surface area (Å²) in [4.78, 5) is 27.2. The van der Waals surface area contributed by atoms with Gasteiger partial charge in [0.2, 0.25) is 11.0 Å². The summed E-state index contributed by atoms with van der Waals surface area (Å²) in [5, 5.41) is 35.2. The van der Waals surface area contributed by atoms with E-state index in [9.17, 15) is 31.1 Å². The van der Waals surface area contributed by atoms with Crippen LogP contribution in [0.25, 0.3) is 21.8 Å². The van der Waals surface area contributed by atoms with Crippen molar-refractivity contribution in [2.45, 2.75) is 82.5 Å². The smallest absolute Gasteiger partial charge is 0.430 e. The van der Waals surface area contributed by atoms with Crippen molar-refractivity contribution in [3.05, 3.63) is 73.1 Å². The maximum atomic E-state index is 10.5. The van der Waals surface area contributed by atoms with Crippen molar-refractivity contribution in [3.63, 3.8) is 0 Å². The van der Waals surface area contributed by atoms with Crippen LogP contribution in [-0.2, 0) is 46.4 Å². The molecule has 0 aliphatic carbocycles. The Hall–Kier alpha value is -5.31. The van der Waals surface area contributed by atoms with Gasteiger partial charge in [-0.05, 0) is 18.6 Å². The molecule has 20 heteroatoms. The molecule has 4 aromatic rings. The van der Waals surface area contributed by atoms with Crippen LogP contribution in [0, 0.1) is 0 Å². The summed E-state index contributed by atoms with van der Waals surface area (Å²) < 4.78 is 92.7. The molecule has 0 saturated carbocycles. The molecule has 4 aliphatic rings. The fourth-order valence-corrected chi connectivity index (χ4v) is 6.66. The number of para-hydroxylation sites is 2. The highest BCUT2D eigenvalue weighted by Gasteiger charge is 2.40. The van der Waals surface area contributed by atoms with E-state index in [1.165, 1.54) is 21.8 Å². The van der Waals surface area contributed by atoms with Gasteiger partial charge in [-0.3, -0.25) is 4.79 Å². The van der Waals surface area contributed by atoms with Gasteiger partial charge in [-0.2, -0.15) is 35.5 Å². The first-order valence-electron chi connectivity index (χ1n) is 19.0. The molecule has 2 spiro atoms. The summed E-state index contributed by atoms with van der Waals surface area (Å²) in [6.45, 7) is 7.51. The fourth-order valence-electron chi connectivity index (χ4n) is 6.66. The van der Waals surface area contributed by atoms with Crippen molar-refractivity contribution < 1.29 is 84.1 Å². The zero-order valence-corrected chi connectivity index (χ0v) is 32.6. The number of carbonyl (C=O) groups is 3. The Balaban J connectivity index is 0.000000330. The standard InChI is InChI=1S/C32H36N4O4.C4H8O2.2C2HF3O2/c1-3-7-29-25(5-1)27-9-17-35(29)19-13-32(39-23-24-40-32)14-20-36-18-10-28(26-6-2-4-8-30(26)36)34-16-12-31(11-15-33-27)37-21-22-38-31;1-2-3-4(5)6;2*3-2(4,5)1(6)7/h1-10,17-18H,11-16,19-24H2;2-3H2,1H3,(H,5,6);2*(H,6,7). The maximum Gasteiger partial charge on any atom is 0.430 e. The van der Waals surface area contributed by atoms with Crippen molar-refractivity contribution in [1.82, 2.24) is 0 Å². The Kier molecular flexibility index (Phi) is 16.8. The van der Waals surface area contributed by atoms with E-state index in [-0.39, 0.29) is 0 Å². The van der Waals surface area contributed by atoms with Gasteiger partial charge in [0.05, 0.1) is 61.4 Å². The van der Waals surface area contributed by atoms with Crippen molar-refractivity contribution in [1.29, 1.82) is 0 Å². The molecular formula is C40H46F6N4O10. The molecule has 0 amide bonds. The number of pyridine rings is 2. The minimum atomic E-state index is -5.19. The van der Waals surface area contributed by atoms with Gasteiger partial charge in [0.15, 0.2) is 37.1 Å². The number of benzene rings is 2. The number of carboxylic acid groups (broad SMARTS) is 3. The lowest BCUT2D eigenvalue weighted by atomic mass is 10.1. The molecule has 2 aromatic heterocycles. The topological polar surface area (TPSA) is 186 Å².